The highest BCUT2D eigenvalue weighted by molar-refractivity contribution is 7.09. The maximum atomic E-state index is 14.1. The number of halogens is 1. The average molecular weight is 607 g/mol. The Bertz CT molecular complexity index is 1860. The van der Waals surface area contributed by atoms with Crippen LogP contribution in [0.2, 0.25) is 0 Å². The predicted octanol–water partition coefficient (Wildman–Crippen LogP) is 7.03. The molecular formula is C35H35FN6OS. The van der Waals surface area contributed by atoms with E-state index in [1.165, 1.54) is 29.5 Å². The van der Waals surface area contributed by atoms with Crippen molar-refractivity contribution >= 4 is 33.8 Å². The number of benzene rings is 1. The quantitative estimate of drug-likeness (QED) is 0.190. The van der Waals surface area contributed by atoms with E-state index in [4.69, 9.17) is 4.98 Å². The summed E-state index contributed by atoms with van der Waals surface area (Å²) in [7, 11) is 0. The van der Waals surface area contributed by atoms with Crippen molar-refractivity contribution in [2.75, 3.05) is 18.0 Å². The lowest BCUT2D eigenvalue weighted by molar-refractivity contribution is 0.123. The smallest absolute Gasteiger partial charge is 0.257 e. The molecule has 9 heteroatoms. The standard InChI is InChI=1S/C35H35FN6OS/c1-6-7-27-18-41(30-16-32(43)42(22(4)5)29-15-14-26(17-37)38-33(29)30)31(21(2)3)19-40(27)34(24-10-12-25(36)13-11-24)35-39-28(20-44-35)23-8-9-23/h6,10-16,20,23,27,31,34H,1-2,4,7-9,18-19H2,3,5H3/t27-,31-,34?/m1/s1. The number of allylic oxidation sites excluding steroid dienone is 1. The summed E-state index contributed by atoms with van der Waals surface area (Å²) < 4.78 is 15.6. The highest BCUT2D eigenvalue weighted by atomic mass is 32.1. The second-order valence-electron chi connectivity index (χ2n) is 11.8. The summed E-state index contributed by atoms with van der Waals surface area (Å²) >= 11 is 1.66. The number of aromatic nitrogens is 3. The van der Waals surface area contributed by atoms with Crippen LogP contribution in [0.15, 0.2) is 84.0 Å². The van der Waals surface area contributed by atoms with Crippen LogP contribution >= 0.6 is 11.3 Å². The normalized spacial score (nSPS) is 19.5. The molecule has 1 saturated heterocycles. The third-order valence-electron chi connectivity index (χ3n) is 8.57. The summed E-state index contributed by atoms with van der Waals surface area (Å²) in [5, 5.41) is 12.8. The van der Waals surface area contributed by atoms with E-state index in [2.05, 4.69) is 46.0 Å². The highest BCUT2D eigenvalue weighted by Gasteiger charge is 2.41. The van der Waals surface area contributed by atoms with Gasteiger partial charge in [-0.25, -0.2) is 14.4 Å². The van der Waals surface area contributed by atoms with Crippen LogP contribution in [0.3, 0.4) is 0 Å². The van der Waals surface area contributed by atoms with E-state index in [-0.39, 0.29) is 35.2 Å². The minimum atomic E-state index is -0.279. The molecule has 1 aromatic carbocycles. The van der Waals surface area contributed by atoms with Crippen LogP contribution in [0.1, 0.15) is 67.0 Å². The lowest BCUT2D eigenvalue weighted by Gasteiger charge is -2.50. The van der Waals surface area contributed by atoms with E-state index in [1.807, 2.05) is 25.1 Å². The number of anilines is 1. The number of rotatable bonds is 9. The Morgan fingerprint density at radius 3 is 2.55 bits per heavy atom. The van der Waals surface area contributed by atoms with Crippen LogP contribution in [-0.4, -0.2) is 44.6 Å². The van der Waals surface area contributed by atoms with Gasteiger partial charge in [0.2, 0.25) is 0 Å². The van der Waals surface area contributed by atoms with Crippen molar-refractivity contribution in [1.82, 2.24) is 19.4 Å². The largest absolute Gasteiger partial charge is 0.360 e. The zero-order valence-electron chi connectivity index (χ0n) is 25.0. The number of hydrogen-bond acceptors (Lipinski definition) is 7. The monoisotopic (exact) mass is 606 g/mol. The fraction of sp³-hybridized carbons (Fsp3) is 0.314. The molecule has 1 saturated carbocycles. The van der Waals surface area contributed by atoms with Crippen LogP contribution in [0, 0.1) is 17.1 Å². The number of nitriles is 1. The first kappa shape index (κ1) is 29.7. The summed E-state index contributed by atoms with van der Waals surface area (Å²) in [5.41, 5.74) is 5.48. The van der Waals surface area contributed by atoms with Crippen LogP contribution in [-0.2, 0) is 0 Å². The predicted molar refractivity (Wildman–Crippen MR) is 175 cm³/mol. The number of thiazole rings is 1. The molecule has 6 rings (SSSR count). The zero-order chi connectivity index (χ0) is 31.1. The summed E-state index contributed by atoms with van der Waals surface area (Å²) in [6.45, 7) is 17.4. The molecular weight excluding hydrogens is 571 g/mol. The van der Waals surface area contributed by atoms with Crippen molar-refractivity contribution in [2.24, 2.45) is 0 Å². The van der Waals surface area contributed by atoms with Crippen molar-refractivity contribution < 1.29 is 4.39 Å². The lowest BCUT2D eigenvalue weighted by atomic mass is 9.94. The minimum Gasteiger partial charge on any atom is -0.360 e. The van der Waals surface area contributed by atoms with Crippen molar-refractivity contribution in [1.29, 1.82) is 5.26 Å². The molecule has 0 spiro atoms. The van der Waals surface area contributed by atoms with Gasteiger partial charge in [-0.1, -0.05) is 36.9 Å². The van der Waals surface area contributed by atoms with Gasteiger partial charge in [-0.15, -0.1) is 17.9 Å². The van der Waals surface area contributed by atoms with Gasteiger partial charge in [0, 0.05) is 42.2 Å². The summed E-state index contributed by atoms with van der Waals surface area (Å²) in [6, 6.07) is 13.4. The maximum Gasteiger partial charge on any atom is 0.257 e. The van der Waals surface area contributed by atoms with E-state index in [9.17, 15) is 14.4 Å². The molecule has 44 heavy (non-hydrogen) atoms. The Labute approximate surface area is 260 Å². The Balaban J connectivity index is 1.49. The maximum absolute atomic E-state index is 14.1. The van der Waals surface area contributed by atoms with E-state index >= 15 is 0 Å². The van der Waals surface area contributed by atoms with Crippen molar-refractivity contribution in [3.63, 3.8) is 0 Å². The summed E-state index contributed by atoms with van der Waals surface area (Å²) in [5.74, 6) is 0.247. The molecule has 3 aromatic heterocycles. The van der Waals surface area contributed by atoms with Gasteiger partial charge >= 0.3 is 0 Å². The van der Waals surface area contributed by atoms with Gasteiger partial charge in [-0.05, 0) is 62.9 Å². The number of nitrogens with zero attached hydrogens (tertiary/aromatic N) is 6. The van der Waals surface area contributed by atoms with E-state index in [0.29, 0.717) is 47.8 Å². The Morgan fingerprint density at radius 2 is 1.91 bits per heavy atom. The van der Waals surface area contributed by atoms with Crippen LogP contribution < -0.4 is 10.5 Å². The Kier molecular flexibility index (Phi) is 8.06. The van der Waals surface area contributed by atoms with E-state index in [1.54, 1.807) is 36.5 Å². The Morgan fingerprint density at radius 1 is 1.16 bits per heavy atom. The first-order valence-electron chi connectivity index (χ1n) is 14.8. The number of pyridine rings is 2. The third-order valence-corrected chi connectivity index (χ3v) is 9.49. The number of fused-ring (bicyclic) bond motifs is 1. The van der Waals surface area contributed by atoms with Crippen molar-refractivity contribution in [3.8, 4) is 6.07 Å². The Hall–Kier alpha value is -4.39. The minimum absolute atomic E-state index is 0.0239. The molecule has 2 aliphatic rings. The van der Waals surface area contributed by atoms with Gasteiger partial charge in [-0.3, -0.25) is 14.3 Å². The van der Waals surface area contributed by atoms with Crippen LogP contribution in [0.25, 0.3) is 16.7 Å². The molecule has 7 nitrogen and oxygen atoms in total. The van der Waals surface area contributed by atoms with Crippen molar-refractivity contribution in [3.05, 3.63) is 117 Å². The van der Waals surface area contributed by atoms with Gasteiger partial charge in [-0.2, -0.15) is 5.26 Å². The molecule has 0 amide bonds. The average Bonchev–Trinajstić information content (AvgIpc) is 3.75. The molecule has 3 atom stereocenters. The van der Waals surface area contributed by atoms with Crippen LogP contribution in [0.5, 0.6) is 0 Å². The van der Waals surface area contributed by atoms with Crippen molar-refractivity contribution in [2.45, 2.75) is 57.2 Å². The van der Waals surface area contributed by atoms with Gasteiger partial charge < -0.3 is 4.90 Å². The molecule has 1 unspecified atom stereocenters. The fourth-order valence-electron chi connectivity index (χ4n) is 6.29. The zero-order valence-corrected chi connectivity index (χ0v) is 25.9. The third kappa shape index (κ3) is 5.51. The molecule has 4 aromatic rings. The first-order valence-corrected chi connectivity index (χ1v) is 15.7. The molecule has 0 N–H and O–H groups in total. The number of piperazine rings is 1. The SMILES string of the molecule is C=CC[C@@H]1CN(c2cc(=O)n(C(=C)C)c3ccc(C#N)nc23)[C@@H](C(=C)C)CN1C(c1ccc(F)cc1)c1nc(C2CC2)cs1. The van der Waals surface area contributed by atoms with Gasteiger partial charge in [0.25, 0.3) is 5.56 Å². The molecule has 1 aliphatic carbocycles. The van der Waals surface area contributed by atoms with Gasteiger partial charge in [0.05, 0.1) is 29.0 Å². The number of hydrogen-bond donors (Lipinski definition) is 0. The first-order chi connectivity index (χ1) is 21.2. The molecule has 0 radical (unpaired) electrons. The second kappa shape index (κ2) is 11.9. The van der Waals surface area contributed by atoms with Gasteiger partial charge in [0.15, 0.2) is 0 Å². The molecule has 0 bridgehead atoms. The molecule has 4 heterocycles. The summed E-state index contributed by atoms with van der Waals surface area (Å²) in [4.78, 5) is 27.9. The van der Waals surface area contributed by atoms with Gasteiger partial charge in [0.1, 0.15) is 28.1 Å². The fourth-order valence-corrected chi connectivity index (χ4v) is 7.34. The lowest BCUT2D eigenvalue weighted by Crippen LogP contribution is -2.59. The van der Waals surface area contributed by atoms with Crippen LogP contribution in [0.4, 0.5) is 10.1 Å². The highest BCUT2D eigenvalue weighted by Crippen LogP contribution is 2.43. The topological polar surface area (TPSA) is 78.0 Å². The molecule has 2 fully saturated rings. The molecule has 1 aliphatic heterocycles. The van der Waals surface area contributed by atoms with E-state index < -0.39 is 0 Å². The summed E-state index contributed by atoms with van der Waals surface area (Å²) in [6.07, 6.45) is 4.92. The second-order valence-corrected chi connectivity index (χ2v) is 12.7. The van der Waals surface area contributed by atoms with E-state index in [0.717, 1.165) is 21.8 Å². The molecule has 224 valence electrons.